The van der Waals surface area contributed by atoms with Crippen LogP contribution in [-0.4, -0.2) is 70.2 Å². The largest absolute Gasteiger partial charge is 0.395 e. The summed E-state index contributed by atoms with van der Waals surface area (Å²) < 4.78 is 0. The van der Waals surface area contributed by atoms with E-state index >= 15 is 0 Å². The highest BCUT2D eigenvalue weighted by molar-refractivity contribution is 7.11. The average Bonchev–Trinajstić information content (AvgIpc) is 3.15. The standard InChI is InChI=1S/C15H21N7O2S/c1-11-17-13(19-20-15(24)12-9-16-10-25-12)8-14(18-11)22-4-2-21(3-5-22)6-7-23/h8-10,23H,2-7H2,1H3,(H,20,24)(H,17,18,19). The molecule has 2 aromatic rings. The molecule has 0 atom stereocenters. The molecular weight excluding hydrogens is 342 g/mol. The zero-order valence-electron chi connectivity index (χ0n) is 14.0. The van der Waals surface area contributed by atoms with E-state index in [1.54, 1.807) is 5.51 Å². The molecule has 0 aliphatic carbocycles. The molecule has 1 aliphatic heterocycles. The number of nitrogens with zero attached hydrogens (tertiary/aromatic N) is 5. The number of hydrogen-bond acceptors (Lipinski definition) is 9. The number of rotatable bonds is 6. The fraction of sp³-hybridized carbons (Fsp3) is 0.467. The van der Waals surface area contributed by atoms with Gasteiger partial charge in [0.15, 0.2) is 0 Å². The molecule has 9 nitrogen and oxygen atoms in total. The molecule has 0 unspecified atom stereocenters. The Morgan fingerprint density at radius 1 is 1.32 bits per heavy atom. The number of anilines is 2. The number of hydrogen-bond donors (Lipinski definition) is 3. The summed E-state index contributed by atoms with van der Waals surface area (Å²) in [6.45, 7) is 6.14. The van der Waals surface area contributed by atoms with Crippen molar-refractivity contribution in [1.82, 2.24) is 25.3 Å². The highest BCUT2D eigenvalue weighted by Crippen LogP contribution is 2.17. The number of carbonyl (C=O) groups is 1. The van der Waals surface area contributed by atoms with Crippen LogP contribution in [0.2, 0.25) is 0 Å². The number of β-amino-alcohol motifs (C(OH)–C–C–N with tert-alkyl or cyclic N) is 1. The summed E-state index contributed by atoms with van der Waals surface area (Å²) in [5.41, 5.74) is 7.07. The lowest BCUT2D eigenvalue weighted by Gasteiger charge is -2.35. The van der Waals surface area contributed by atoms with Crippen LogP contribution in [-0.2, 0) is 0 Å². The van der Waals surface area contributed by atoms with E-state index in [1.807, 2.05) is 13.0 Å². The van der Waals surface area contributed by atoms with E-state index in [1.165, 1.54) is 17.5 Å². The van der Waals surface area contributed by atoms with Gasteiger partial charge in [-0.2, -0.15) is 0 Å². The topological polar surface area (TPSA) is 107 Å². The Morgan fingerprint density at radius 3 is 2.80 bits per heavy atom. The number of piperazine rings is 1. The summed E-state index contributed by atoms with van der Waals surface area (Å²) in [5.74, 6) is 1.74. The minimum absolute atomic E-state index is 0.181. The number of amides is 1. The van der Waals surface area contributed by atoms with Gasteiger partial charge in [-0.3, -0.25) is 25.5 Å². The normalized spacial score (nSPS) is 15.2. The number of aliphatic hydroxyl groups is 1. The first-order valence-corrected chi connectivity index (χ1v) is 8.92. The second-order valence-electron chi connectivity index (χ2n) is 5.66. The van der Waals surface area contributed by atoms with Gasteiger partial charge in [0, 0.05) is 38.8 Å². The Balaban J connectivity index is 1.62. The van der Waals surface area contributed by atoms with Crippen molar-refractivity contribution in [2.24, 2.45) is 0 Å². The van der Waals surface area contributed by atoms with Crippen LogP contribution in [0.25, 0.3) is 0 Å². The van der Waals surface area contributed by atoms with Crippen molar-refractivity contribution < 1.29 is 9.90 Å². The molecule has 10 heteroatoms. The SMILES string of the molecule is Cc1nc(NNC(=O)c2cncs2)cc(N2CCN(CCO)CC2)n1. The minimum atomic E-state index is -0.252. The summed E-state index contributed by atoms with van der Waals surface area (Å²) in [4.78, 5) is 29.6. The minimum Gasteiger partial charge on any atom is -0.395 e. The Labute approximate surface area is 149 Å². The Kier molecular flexibility index (Phi) is 5.74. The Bertz CT molecular complexity index is 702. The molecule has 3 rings (SSSR count). The van der Waals surface area contributed by atoms with Crippen molar-refractivity contribution in [2.45, 2.75) is 6.92 Å². The van der Waals surface area contributed by atoms with E-state index in [9.17, 15) is 4.79 Å². The van der Waals surface area contributed by atoms with E-state index in [4.69, 9.17) is 5.11 Å². The monoisotopic (exact) mass is 363 g/mol. The van der Waals surface area contributed by atoms with Crippen LogP contribution in [0.4, 0.5) is 11.6 Å². The van der Waals surface area contributed by atoms with Gasteiger partial charge >= 0.3 is 0 Å². The van der Waals surface area contributed by atoms with Gasteiger partial charge in [0.2, 0.25) is 0 Å². The summed E-state index contributed by atoms with van der Waals surface area (Å²) in [7, 11) is 0. The predicted octanol–water partition coefficient (Wildman–Crippen LogP) is 0.113. The lowest BCUT2D eigenvalue weighted by molar-refractivity contribution is 0.0966. The molecule has 25 heavy (non-hydrogen) atoms. The van der Waals surface area contributed by atoms with E-state index in [-0.39, 0.29) is 12.5 Å². The van der Waals surface area contributed by atoms with Gasteiger partial charge in [-0.15, -0.1) is 11.3 Å². The Morgan fingerprint density at radius 2 is 2.12 bits per heavy atom. The second kappa shape index (κ2) is 8.19. The fourth-order valence-corrected chi connectivity index (χ4v) is 3.15. The number of aryl methyl sites for hydroxylation is 1. The summed E-state index contributed by atoms with van der Waals surface area (Å²) in [6, 6.07) is 1.82. The summed E-state index contributed by atoms with van der Waals surface area (Å²) in [5, 5.41) is 9.02. The van der Waals surface area contributed by atoms with Crippen molar-refractivity contribution in [3.8, 4) is 0 Å². The first-order chi connectivity index (χ1) is 12.2. The van der Waals surface area contributed by atoms with Crippen molar-refractivity contribution in [3.05, 3.63) is 28.5 Å². The zero-order chi connectivity index (χ0) is 17.6. The molecule has 0 spiro atoms. The van der Waals surface area contributed by atoms with Gasteiger partial charge in [0.25, 0.3) is 5.91 Å². The maximum Gasteiger partial charge on any atom is 0.281 e. The molecule has 1 fully saturated rings. The molecule has 1 aliphatic rings. The van der Waals surface area contributed by atoms with Crippen LogP contribution >= 0.6 is 11.3 Å². The molecule has 0 saturated carbocycles. The number of aromatic nitrogens is 3. The van der Waals surface area contributed by atoms with Crippen LogP contribution in [0.3, 0.4) is 0 Å². The molecule has 1 saturated heterocycles. The van der Waals surface area contributed by atoms with Gasteiger partial charge in [0.1, 0.15) is 22.3 Å². The van der Waals surface area contributed by atoms with Crippen LogP contribution in [0.5, 0.6) is 0 Å². The third-order valence-electron chi connectivity index (χ3n) is 3.90. The van der Waals surface area contributed by atoms with E-state index in [2.05, 4.69) is 35.6 Å². The fourth-order valence-electron chi connectivity index (χ4n) is 2.63. The van der Waals surface area contributed by atoms with Gasteiger partial charge in [-0.1, -0.05) is 0 Å². The van der Waals surface area contributed by atoms with E-state index in [0.29, 0.717) is 23.1 Å². The maximum atomic E-state index is 12.0. The maximum absolute atomic E-state index is 12.0. The number of carbonyl (C=O) groups excluding carboxylic acids is 1. The number of nitrogens with one attached hydrogen (secondary N) is 2. The van der Waals surface area contributed by atoms with Gasteiger partial charge in [0.05, 0.1) is 18.3 Å². The quantitative estimate of drug-likeness (QED) is 0.621. The van der Waals surface area contributed by atoms with Crippen molar-refractivity contribution in [2.75, 3.05) is 49.7 Å². The zero-order valence-corrected chi connectivity index (χ0v) is 14.8. The summed E-state index contributed by atoms with van der Waals surface area (Å²) >= 11 is 1.27. The third kappa shape index (κ3) is 4.62. The van der Waals surface area contributed by atoms with Gasteiger partial charge < -0.3 is 10.0 Å². The molecule has 3 N–H and O–H groups in total. The first kappa shape index (κ1) is 17.5. The third-order valence-corrected chi connectivity index (χ3v) is 4.67. The lowest BCUT2D eigenvalue weighted by atomic mass is 10.3. The second-order valence-corrected chi connectivity index (χ2v) is 6.54. The van der Waals surface area contributed by atoms with Gasteiger partial charge in [-0.05, 0) is 6.92 Å². The number of aliphatic hydroxyl groups excluding tert-OH is 1. The van der Waals surface area contributed by atoms with Crippen LogP contribution < -0.4 is 15.8 Å². The molecule has 0 aromatic carbocycles. The number of hydrazine groups is 1. The molecule has 1 amide bonds. The predicted molar refractivity (Wildman–Crippen MR) is 95.7 cm³/mol. The lowest BCUT2D eigenvalue weighted by Crippen LogP contribution is -2.47. The van der Waals surface area contributed by atoms with Crippen LogP contribution in [0, 0.1) is 6.92 Å². The van der Waals surface area contributed by atoms with Crippen LogP contribution in [0.15, 0.2) is 17.8 Å². The molecule has 0 bridgehead atoms. The average molecular weight is 363 g/mol. The Hall–Kier alpha value is -2.30. The molecule has 3 heterocycles. The van der Waals surface area contributed by atoms with Crippen molar-refractivity contribution in [1.29, 1.82) is 0 Å². The van der Waals surface area contributed by atoms with E-state index < -0.39 is 0 Å². The highest BCUT2D eigenvalue weighted by Gasteiger charge is 2.18. The smallest absolute Gasteiger partial charge is 0.281 e. The summed E-state index contributed by atoms with van der Waals surface area (Å²) in [6.07, 6.45) is 1.52. The van der Waals surface area contributed by atoms with Crippen molar-refractivity contribution >= 4 is 28.9 Å². The molecule has 0 radical (unpaired) electrons. The molecule has 2 aromatic heterocycles. The van der Waals surface area contributed by atoms with Crippen LogP contribution in [0.1, 0.15) is 15.5 Å². The van der Waals surface area contributed by atoms with Crippen molar-refractivity contribution in [3.63, 3.8) is 0 Å². The molecule has 134 valence electrons. The number of thiazole rings is 1. The highest BCUT2D eigenvalue weighted by atomic mass is 32.1. The van der Waals surface area contributed by atoms with Gasteiger partial charge in [-0.25, -0.2) is 9.97 Å². The molecular formula is C15H21N7O2S. The van der Waals surface area contributed by atoms with E-state index in [0.717, 1.165) is 32.0 Å². The first-order valence-electron chi connectivity index (χ1n) is 8.04.